The second kappa shape index (κ2) is 16.5. The number of amides is 4. The minimum absolute atomic E-state index is 0.0125. The van der Waals surface area contributed by atoms with Crippen molar-refractivity contribution in [1.82, 2.24) is 44.4 Å². The summed E-state index contributed by atoms with van der Waals surface area (Å²) < 4.78 is 45.8. The quantitative estimate of drug-likeness (QED) is 0.183. The van der Waals surface area contributed by atoms with E-state index >= 15 is 0 Å². The standard InChI is InChI=1S/C45H50F2N12O5/c1-54-40-26(4-2-6-33(40)43(53-54)56-15-12-38(60)51-45(56)62)5-3-17-63-31-9-13-55(14-10-31)22-27-7-8-29(18-28-19-34(27)28)59-24-36(39(52-59)41(46)47)49-44(61)35-21-48-58-16-11-37(50-42(35)58)57-23-32-20-30(57)25-64-32/h2,4,6,11,16,21,24,27-32,34,41H,7-10,12-15,17-20,22-23,25H2,1H3,(H,49,61)(H,51,60,62)/t27?,28?,29?,30-,32-,34?/m0/s1. The third-order valence-electron chi connectivity index (χ3n) is 14.2. The van der Waals surface area contributed by atoms with E-state index in [4.69, 9.17) is 14.5 Å². The molecule has 2 saturated carbocycles. The first-order valence-electron chi connectivity index (χ1n) is 22.4. The number of carbonyl (C=O) groups excluding carboxylic acids is 3. The maximum atomic E-state index is 14.4. The summed E-state index contributed by atoms with van der Waals surface area (Å²) in [6, 6.07) is 7.34. The van der Waals surface area contributed by atoms with Gasteiger partial charge in [-0.2, -0.15) is 15.3 Å². The number of para-hydroxylation sites is 1. The Bertz CT molecular complexity index is 2700. The van der Waals surface area contributed by atoms with Crippen molar-refractivity contribution in [2.75, 3.05) is 61.1 Å². The van der Waals surface area contributed by atoms with Gasteiger partial charge in [-0.3, -0.25) is 29.2 Å². The molecule has 334 valence electrons. The third kappa shape index (κ3) is 7.74. The lowest BCUT2D eigenvalue weighted by Crippen LogP contribution is -2.49. The molecule has 19 heteroatoms. The van der Waals surface area contributed by atoms with Gasteiger partial charge in [-0.1, -0.05) is 17.9 Å². The monoisotopic (exact) mass is 876 g/mol. The Kier molecular flexibility index (Phi) is 10.5. The lowest BCUT2D eigenvalue weighted by molar-refractivity contribution is -0.120. The molecule has 8 heterocycles. The third-order valence-corrected chi connectivity index (χ3v) is 14.2. The van der Waals surface area contributed by atoms with Crippen LogP contribution in [0.2, 0.25) is 0 Å². The Morgan fingerprint density at radius 1 is 1.06 bits per heavy atom. The van der Waals surface area contributed by atoms with Crippen LogP contribution in [0.25, 0.3) is 16.6 Å². The normalized spacial score (nSPS) is 26.1. The number of urea groups is 1. The van der Waals surface area contributed by atoms with E-state index in [2.05, 4.69) is 47.6 Å². The number of fused-ring (bicyclic) bond motifs is 5. The first-order chi connectivity index (χ1) is 31.1. The molecule has 6 aliphatic rings. The maximum absolute atomic E-state index is 14.4. The molecule has 64 heavy (non-hydrogen) atoms. The number of nitrogens with one attached hydrogen (secondary N) is 2. The van der Waals surface area contributed by atoms with E-state index in [9.17, 15) is 23.2 Å². The average molecular weight is 877 g/mol. The number of rotatable bonds is 10. The molecule has 4 aliphatic heterocycles. The summed E-state index contributed by atoms with van der Waals surface area (Å²) in [6.07, 6.45) is 9.08. The lowest BCUT2D eigenvalue weighted by Gasteiger charge is -2.34. The number of hydrogen-bond donors (Lipinski definition) is 2. The van der Waals surface area contributed by atoms with Crippen LogP contribution in [0.15, 0.2) is 42.9 Å². The van der Waals surface area contributed by atoms with Crippen molar-refractivity contribution >= 4 is 51.7 Å². The largest absolute Gasteiger partial charge is 0.374 e. The summed E-state index contributed by atoms with van der Waals surface area (Å²) in [5, 5.41) is 19.2. The summed E-state index contributed by atoms with van der Waals surface area (Å²) in [4.78, 5) is 48.8. The number of morpholine rings is 1. The van der Waals surface area contributed by atoms with Crippen LogP contribution in [0.5, 0.6) is 0 Å². The fourth-order valence-electron chi connectivity index (χ4n) is 10.8. The van der Waals surface area contributed by atoms with E-state index in [1.165, 1.54) is 15.6 Å². The molecule has 0 radical (unpaired) electrons. The summed E-state index contributed by atoms with van der Waals surface area (Å²) in [5.74, 6) is 8.51. The van der Waals surface area contributed by atoms with Crippen LogP contribution in [0.3, 0.4) is 0 Å². The van der Waals surface area contributed by atoms with E-state index in [0.29, 0.717) is 42.4 Å². The Labute approximate surface area is 367 Å². The highest BCUT2D eigenvalue weighted by molar-refractivity contribution is 6.10. The summed E-state index contributed by atoms with van der Waals surface area (Å²) in [5.41, 5.74) is 1.75. The zero-order valence-electron chi connectivity index (χ0n) is 35.5. The number of aryl methyl sites for hydroxylation is 1. The molecule has 4 amide bonds. The van der Waals surface area contributed by atoms with Crippen molar-refractivity contribution in [2.45, 2.75) is 82.1 Å². The van der Waals surface area contributed by atoms with Gasteiger partial charge < -0.3 is 24.6 Å². The molecule has 4 unspecified atom stereocenters. The zero-order valence-corrected chi connectivity index (χ0v) is 35.5. The molecule has 4 aromatic heterocycles. The molecule has 6 atom stereocenters. The smallest absolute Gasteiger partial charge is 0.329 e. The van der Waals surface area contributed by atoms with Crippen molar-refractivity contribution in [2.24, 2.45) is 24.8 Å². The topological polar surface area (TPSA) is 169 Å². The number of hydrogen-bond acceptors (Lipinski definition) is 11. The van der Waals surface area contributed by atoms with Crippen LogP contribution >= 0.6 is 0 Å². The molecule has 4 saturated heterocycles. The van der Waals surface area contributed by atoms with Gasteiger partial charge in [0, 0.05) is 64.0 Å². The molecule has 2 aliphatic carbocycles. The van der Waals surface area contributed by atoms with Crippen LogP contribution in [-0.4, -0.2) is 121 Å². The number of alkyl halides is 2. The molecule has 2 bridgehead atoms. The number of imide groups is 1. The Hall–Kier alpha value is -5.97. The van der Waals surface area contributed by atoms with Crippen molar-refractivity contribution < 1.29 is 32.6 Å². The summed E-state index contributed by atoms with van der Waals surface area (Å²) in [6.45, 7) is 4.86. The number of piperidine rings is 1. The molecular weight excluding hydrogens is 827 g/mol. The van der Waals surface area contributed by atoms with Gasteiger partial charge in [0.1, 0.15) is 18.0 Å². The van der Waals surface area contributed by atoms with Gasteiger partial charge in [0.15, 0.2) is 17.2 Å². The molecule has 6 fully saturated rings. The minimum Gasteiger partial charge on any atom is -0.374 e. The van der Waals surface area contributed by atoms with Crippen LogP contribution in [0.4, 0.5) is 30.9 Å². The number of halogens is 2. The van der Waals surface area contributed by atoms with Crippen molar-refractivity contribution in [3.05, 3.63) is 59.7 Å². The lowest BCUT2D eigenvalue weighted by atomic mass is 9.95. The van der Waals surface area contributed by atoms with E-state index in [1.807, 2.05) is 31.3 Å². The van der Waals surface area contributed by atoms with Crippen LogP contribution in [0.1, 0.15) is 85.4 Å². The van der Waals surface area contributed by atoms with Crippen LogP contribution in [-0.2, 0) is 21.3 Å². The van der Waals surface area contributed by atoms with E-state index in [1.54, 1.807) is 21.8 Å². The minimum atomic E-state index is -2.86. The van der Waals surface area contributed by atoms with E-state index in [0.717, 1.165) is 93.4 Å². The highest BCUT2D eigenvalue weighted by atomic mass is 19.3. The predicted molar refractivity (Wildman–Crippen MR) is 230 cm³/mol. The first-order valence-corrected chi connectivity index (χ1v) is 22.4. The van der Waals surface area contributed by atoms with E-state index in [-0.39, 0.29) is 54.4 Å². The van der Waals surface area contributed by atoms with Gasteiger partial charge in [-0.05, 0) is 80.9 Å². The van der Waals surface area contributed by atoms with Gasteiger partial charge >= 0.3 is 6.03 Å². The van der Waals surface area contributed by atoms with Crippen molar-refractivity contribution in [3.63, 3.8) is 0 Å². The number of ether oxygens (including phenoxy) is 2. The van der Waals surface area contributed by atoms with Gasteiger partial charge in [0.25, 0.3) is 12.3 Å². The molecule has 17 nitrogen and oxygen atoms in total. The average Bonchev–Trinajstić information content (AvgIpc) is 3.80. The first kappa shape index (κ1) is 40.8. The maximum Gasteiger partial charge on any atom is 0.329 e. The number of anilines is 3. The molecule has 1 aromatic carbocycles. The zero-order chi connectivity index (χ0) is 43.6. The summed E-state index contributed by atoms with van der Waals surface area (Å²) >= 11 is 0. The van der Waals surface area contributed by atoms with Gasteiger partial charge in [-0.25, -0.2) is 23.1 Å². The molecule has 0 spiro atoms. The Morgan fingerprint density at radius 3 is 2.73 bits per heavy atom. The fraction of sp³-hybridized carbons (Fsp3) is 0.533. The number of nitrogens with zero attached hydrogens (tertiary/aromatic N) is 10. The van der Waals surface area contributed by atoms with E-state index < -0.39 is 24.1 Å². The number of aromatic nitrogens is 7. The Balaban J connectivity index is 0.678. The molecule has 11 rings (SSSR count). The highest BCUT2D eigenvalue weighted by Gasteiger charge is 2.47. The SMILES string of the molecule is Cn1nc(N2CCC(=O)NC2=O)c2cccc(C#CCOC3CCN(CC4CCC(n5cc(NC(=O)c6cnn7ccc(N8C[C@@H]9C[C@H]8CO9)nc67)c(C(F)F)n5)CC5CC54)CC3)c21. The second-order valence-corrected chi connectivity index (χ2v) is 18.2. The van der Waals surface area contributed by atoms with Crippen LogP contribution < -0.4 is 20.4 Å². The van der Waals surface area contributed by atoms with Gasteiger partial charge in [-0.15, -0.1) is 0 Å². The number of benzene rings is 1. The summed E-state index contributed by atoms with van der Waals surface area (Å²) in [7, 11) is 1.82. The van der Waals surface area contributed by atoms with Gasteiger partial charge in [0.05, 0.1) is 53.9 Å². The molecule has 5 aromatic rings. The highest BCUT2D eigenvalue weighted by Crippen LogP contribution is 2.54. The van der Waals surface area contributed by atoms with Gasteiger partial charge in [0.2, 0.25) is 5.91 Å². The number of carbonyl (C=O) groups is 3. The predicted octanol–water partition coefficient (Wildman–Crippen LogP) is 4.94. The fourth-order valence-corrected chi connectivity index (χ4v) is 10.8. The van der Waals surface area contributed by atoms with Crippen molar-refractivity contribution in [3.8, 4) is 11.8 Å². The Morgan fingerprint density at radius 2 is 1.94 bits per heavy atom. The molecular formula is C45H50F2N12O5. The number of likely N-dealkylation sites (tertiary alicyclic amines) is 1. The molecule has 2 N–H and O–H groups in total. The van der Waals surface area contributed by atoms with Crippen LogP contribution in [0, 0.1) is 29.6 Å². The van der Waals surface area contributed by atoms with Crippen molar-refractivity contribution in [1.29, 1.82) is 0 Å². The second-order valence-electron chi connectivity index (χ2n) is 18.2.